The van der Waals surface area contributed by atoms with E-state index in [-0.39, 0.29) is 11.7 Å². The van der Waals surface area contributed by atoms with Gasteiger partial charge in [-0.1, -0.05) is 30.3 Å². The van der Waals surface area contributed by atoms with Crippen molar-refractivity contribution in [2.75, 3.05) is 18.1 Å². The number of thioether (sulfide) groups is 2. The highest BCUT2D eigenvalue weighted by Crippen LogP contribution is 2.24. The Morgan fingerprint density at radius 3 is 2.73 bits per heavy atom. The molecule has 0 saturated heterocycles. The van der Waals surface area contributed by atoms with Crippen LogP contribution in [0.3, 0.4) is 0 Å². The van der Waals surface area contributed by atoms with Crippen LogP contribution < -0.4 is 5.32 Å². The van der Waals surface area contributed by atoms with E-state index in [0.717, 1.165) is 22.0 Å². The molecule has 1 aromatic heterocycles. The highest BCUT2D eigenvalue weighted by molar-refractivity contribution is 7.99. The summed E-state index contributed by atoms with van der Waals surface area (Å²) in [6.07, 6.45) is 0. The van der Waals surface area contributed by atoms with Gasteiger partial charge in [0.2, 0.25) is 5.91 Å². The summed E-state index contributed by atoms with van der Waals surface area (Å²) in [5.41, 5.74) is 1.72. The van der Waals surface area contributed by atoms with Gasteiger partial charge in [-0.3, -0.25) is 4.79 Å². The van der Waals surface area contributed by atoms with Gasteiger partial charge in [0.1, 0.15) is 10.8 Å². The molecule has 0 aliphatic rings. The van der Waals surface area contributed by atoms with E-state index in [4.69, 9.17) is 0 Å². The molecule has 1 heterocycles. The molecule has 0 spiro atoms. The first kappa shape index (κ1) is 19.2. The molecule has 0 bridgehead atoms. The molecule has 1 amide bonds. The average molecular weight is 407 g/mol. The second-order valence-electron chi connectivity index (χ2n) is 5.56. The Kier molecular flexibility index (Phi) is 7.34. The van der Waals surface area contributed by atoms with E-state index < -0.39 is 0 Å². The summed E-state index contributed by atoms with van der Waals surface area (Å²) >= 11 is 4.86. The topological polar surface area (TPSA) is 42.0 Å². The number of para-hydroxylation sites is 1. The van der Waals surface area contributed by atoms with Crippen molar-refractivity contribution in [3.63, 3.8) is 0 Å². The smallest absolute Gasteiger partial charge is 0.230 e. The molecule has 26 heavy (non-hydrogen) atoms. The van der Waals surface area contributed by atoms with Crippen molar-refractivity contribution in [2.45, 2.75) is 11.5 Å². The fourth-order valence-corrected chi connectivity index (χ4v) is 5.05. The summed E-state index contributed by atoms with van der Waals surface area (Å²) in [7, 11) is 0. The van der Waals surface area contributed by atoms with E-state index in [0.29, 0.717) is 23.6 Å². The van der Waals surface area contributed by atoms with E-state index in [1.54, 1.807) is 47.0 Å². The van der Waals surface area contributed by atoms with Gasteiger partial charge in [0.05, 0.1) is 16.0 Å². The Labute approximate surface area is 164 Å². The summed E-state index contributed by atoms with van der Waals surface area (Å²) in [6, 6.07) is 14.9. The summed E-state index contributed by atoms with van der Waals surface area (Å²) in [6.45, 7) is 0.597. The molecule has 0 aliphatic carbocycles. The number of benzene rings is 2. The number of hydrogen-bond acceptors (Lipinski definition) is 5. The van der Waals surface area contributed by atoms with Crippen LogP contribution in [0, 0.1) is 5.82 Å². The van der Waals surface area contributed by atoms with Crippen LogP contribution in [0.5, 0.6) is 0 Å². The van der Waals surface area contributed by atoms with Crippen LogP contribution in [0.15, 0.2) is 48.5 Å². The van der Waals surface area contributed by atoms with Crippen LogP contribution in [-0.2, 0) is 16.3 Å². The lowest BCUT2D eigenvalue weighted by Gasteiger charge is -2.05. The molecule has 3 aromatic rings. The highest BCUT2D eigenvalue weighted by atomic mass is 32.2. The lowest BCUT2D eigenvalue weighted by Crippen LogP contribution is -2.27. The summed E-state index contributed by atoms with van der Waals surface area (Å²) in [4.78, 5) is 16.4. The number of halogens is 1. The maximum absolute atomic E-state index is 13.5. The minimum Gasteiger partial charge on any atom is -0.355 e. The Bertz CT molecular complexity index is 836. The van der Waals surface area contributed by atoms with E-state index in [9.17, 15) is 9.18 Å². The molecule has 1 N–H and O–H groups in total. The molecule has 0 unspecified atom stereocenters. The van der Waals surface area contributed by atoms with Crippen LogP contribution in [-0.4, -0.2) is 28.9 Å². The molecule has 3 rings (SSSR count). The van der Waals surface area contributed by atoms with Gasteiger partial charge in [0, 0.05) is 23.8 Å². The van der Waals surface area contributed by atoms with Crippen LogP contribution in [0.4, 0.5) is 4.39 Å². The maximum Gasteiger partial charge on any atom is 0.230 e. The monoisotopic (exact) mass is 406 g/mol. The molecular formula is C19H19FN2OS3. The third-order valence-corrected chi connectivity index (χ3v) is 6.75. The maximum atomic E-state index is 13.5. The molecule has 0 aliphatic heterocycles. The molecule has 0 radical (unpaired) electrons. The first-order valence-electron chi connectivity index (χ1n) is 8.22. The molecule has 136 valence electrons. The van der Waals surface area contributed by atoms with Gasteiger partial charge < -0.3 is 5.32 Å². The molecule has 2 aromatic carbocycles. The van der Waals surface area contributed by atoms with Crippen molar-refractivity contribution < 1.29 is 9.18 Å². The summed E-state index contributed by atoms with van der Waals surface area (Å²) in [5, 5.41) is 3.95. The number of nitrogens with one attached hydrogen (secondary N) is 1. The average Bonchev–Trinajstić information content (AvgIpc) is 3.05. The van der Waals surface area contributed by atoms with Gasteiger partial charge in [-0.2, -0.15) is 11.8 Å². The lowest BCUT2D eigenvalue weighted by molar-refractivity contribution is -0.118. The number of amides is 1. The second kappa shape index (κ2) is 9.94. The SMILES string of the molecule is O=C(CSCc1nc2ccccc2s1)NCCSCc1ccccc1F. The summed E-state index contributed by atoms with van der Waals surface area (Å²) in [5.74, 6) is 2.41. The summed E-state index contributed by atoms with van der Waals surface area (Å²) < 4.78 is 14.7. The van der Waals surface area contributed by atoms with Gasteiger partial charge in [0.25, 0.3) is 0 Å². The molecule has 0 fully saturated rings. The third kappa shape index (κ3) is 5.72. The van der Waals surface area contributed by atoms with Crippen molar-refractivity contribution in [1.82, 2.24) is 10.3 Å². The minimum absolute atomic E-state index is 0.0302. The zero-order valence-electron chi connectivity index (χ0n) is 14.1. The molecule has 0 saturated carbocycles. The van der Waals surface area contributed by atoms with Gasteiger partial charge in [-0.15, -0.1) is 23.1 Å². The van der Waals surface area contributed by atoms with E-state index >= 15 is 0 Å². The fourth-order valence-electron chi connectivity index (χ4n) is 2.32. The number of carbonyl (C=O) groups is 1. The number of thiazole rings is 1. The Balaban J connectivity index is 1.29. The number of carbonyl (C=O) groups excluding carboxylic acids is 1. The number of rotatable bonds is 9. The van der Waals surface area contributed by atoms with E-state index in [1.165, 1.54) is 10.8 Å². The van der Waals surface area contributed by atoms with Crippen LogP contribution in [0.25, 0.3) is 10.2 Å². The number of hydrogen-bond donors (Lipinski definition) is 1. The first-order chi connectivity index (χ1) is 12.7. The van der Waals surface area contributed by atoms with Crippen LogP contribution in [0.1, 0.15) is 10.6 Å². The lowest BCUT2D eigenvalue weighted by atomic mass is 10.2. The van der Waals surface area contributed by atoms with Crippen molar-refractivity contribution >= 4 is 51.0 Å². The Hall–Kier alpha value is -1.57. The number of nitrogens with zero attached hydrogens (tertiary/aromatic N) is 1. The van der Waals surface area contributed by atoms with Crippen LogP contribution >= 0.6 is 34.9 Å². The second-order valence-corrected chi connectivity index (χ2v) is 8.77. The van der Waals surface area contributed by atoms with Crippen molar-refractivity contribution in [1.29, 1.82) is 0 Å². The number of aromatic nitrogens is 1. The highest BCUT2D eigenvalue weighted by Gasteiger charge is 2.06. The van der Waals surface area contributed by atoms with Crippen molar-refractivity contribution in [2.24, 2.45) is 0 Å². The van der Waals surface area contributed by atoms with Gasteiger partial charge >= 0.3 is 0 Å². The first-order valence-corrected chi connectivity index (χ1v) is 11.3. The zero-order chi connectivity index (χ0) is 18.2. The standard InChI is InChI=1S/C19H19FN2OS3/c20-15-6-2-1-5-14(15)11-24-10-9-21-18(23)12-25-13-19-22-16-7-3-4-8-17(16)26-19/h1-8H,9-13H2,(H,21,23). The molecule has 7 heteroatoms. The van der Waals surface area contributed by atoms with Gasteiger partial charge in [-0.05, 0) is 23.8 Å². The van der Waals surface area contributed by atoms with Crippen molar-refractivity contribution in [3.8, 4) is 0 Å². The molecule has 3 nitrogen and oxygen atoms in total. The normalized spacial score (nSPS) is 11.0. The van der Waals surface area contributed by atoms with E-state index in [2.05, 4.69) is 16.4 Å². The molecule has 0 atom stereocenters. The predicted molar refractivity (Wildman–Crippen MR) is 111 cm³/mol. The number of fused-ring (bicyclic) bond motifs is 1. The van der Waals surface area contributed by atoms with Crippen molar-refractivity contribution in [3.05, 3.63) is 64.9 Å². The quantitative estimate of drug-likeness (QED) is 0.522. The van der Waals surface area contributed by atoms with Crippen LogP contribution in [0.2, 0.25) is 0 Å². The largest absolute Gasteiger partial charge is 0.355 e. The zero-order valence-corrected chi connectivity index (χ0v) is 16.6. The van der Waals surface area contributed by atoms with Gasteiger partial charge in [0.15, 0.2) is 0 Å². The van der Waals surface area contributed by atoms with Gasteiger partial charge in [-0.25, -0.2) is 9.37 Å². The Morgan fingerprint density at radius 2 is 1.88 bits per heavy atom. The fraction of sp³-hybridized carbons (Fsp3) is 0.263. The third-order valence-electron chi connectivity index (χ3n) is 3.58. The Morgan fingerprint density at radius 1 is 1.08 bits per heavy atom. The van der Waals surface area contributed by atoms with E-state index in [1.807, 2.05) is 24.3 Å². The minimum atomic E-state index is -0.171. The molecular weight excluding hydrogens is 387 g/mol. The predicted octanol–water partition coefficient (Wildman–Crippen LogP) is 4.72.